The minimum atomic E-state index is 0.569. The van der Waals surface area contributed by atoms with Gasteiger partial charge in [0.1, 0.15) is 22.3 Å². The van der Waals surface area contributed by atoms with E-state index in [2.05, 4.69) is 121 Å². The molecule has 8 aromatic carbocycles. The van der Waals surface area contributed by atoms with Gasteiger partial charge in [-0.15, -0.1) is 0 Å². The third kappa shape index (κ3) is 5.45. The first-order valence-corrected chi connectivity index (χ1v) is 18.7. The Bertz CT molecular complexity index is 3250. The molecule has 262 valence electrons. The fourth-order valence-electron chi connectivity index (χ4n) is 7.89. The van der Waals surface area contributed by atoms with Crippen LogP contribution in [0.3, 0.4) is 0 Å². The van der Waals surface area contributed by atoms with E-state index in [-0.39, 0.29) is 0 Å². The molecule has 56 heavy (non-hydrogen) atoms. The Morgan fingerprint density at radius 3 is 1.45 bits per heavy atom. The van der Waals surface area contributed by atoms with E-state index in [4.69, 9.17) is 23.8 Å². The van der Waals surface area contributed by atoms with Crippen LogP contribution in [0.4, 0.5) is 0 Å². The van der Waals surface area contributed by atoms with Gasteiger partial charge < -0.3 is 8.83 Å². The standard InChI is InChI=1S/C51H31N3O2/c1-3-13-32(14-4-1)34-17-9-18-35(29-34)36-19-10-20-37(30-36)49-52-50(54-51(53-49)41-23-12-26-46-48(41)40-21-7-8-24-43(40)55-46)38-27-28-44-42(31-38)47-39(22-11-25-45(47)56-44)33-15-5-2-6-16-33/h1-31H. The van der Waals surface area contributed by atoms with Crippen LogP contribution in [-0.4, -0.2) is 15.0 Å². The summed E-state index contributed by atoms with van der Waals surface area (Å²) in [6.07, 6.45) is 0. The number of fused-ring (bicyclic) bond motifs is 6. The second-order valence-electron chi connectivity index (χ2n) is 14.0. The summed E-state index contributed by atoms with van der Waals surface area (Å²) >= 11 is 0. The third-order valence-corrected chi connectivity index (χ3v) is 10.5. The average Bonchev–Trinajstić information content (AvgIpc) is 3.85. The summed E-state index contributed by atoms with van der Waals surface area (Å²) in [5.41, 5.74) is 12.7. The minimum Gasteiger partial charge on any atom is -0.456 e. The lowest BCUT2D eigenvalue weighted by Crippen LogP contribution is -2.00. The van der Waals surface area contributed by atoms with Crippen LogP contribution in [0.2, 0.25) is 0 Å². The Morgan fingerprint density at radius 1 is 0.268 bits per heavy atom. The maximum absolute atomic E-state index is 6.40. The summed E-state index contributed by atoms with van der Waals surface area (Å²) in [4.78, 5) is 15.6. The number of benzene rings is 8. The molecule has 0 aliphatic rings. The molecule has 0 N–H and O–H groups in total. The van der Waals surface area contributed by atoms with Crippen molar-refractivity contribution in [2.75, 3.05) is 0 Å². The number of aromatic nitrogens is 3. The zero-order valence-corrected chi connectivity index (χ0v) is 30.1. The molecule has 0 radical (unpaired) electrons. The van der Waals surface area contributed by atoms with Gasteiger partial charge >= 0.3 is 0 Å². The normalized spacial score (nSPS) is 11.6. The molecular weight excluding hydrogens is 687 g/mol. The number of furan rings is 2. The van der Waals surface area contributed by atoms with Crippen molar-refractivity contribution in [2.24, 2.45) is 0 Å². The van der Waals surface area contributed by atoms with Crippen LogP contribution in [0.15, 0.2) is 197 Å². The van der Waals surface area contributed by atoms with Crippen molar-refractivity contribution in [2.45, 2.75) is 0 Å². The van der Waals surface area contributed by atoms with Crippen LogP contribution in [0.1, 0.15) is 0 Å². The smallest absolute Gasteiger partial charge is 0.164 e. The number of para-hydroxylation sites is 1. The van der Waals surface area contributed by atoms with Gasteiger partial charge in [-0.1, -0.05) is 140 Å². The largest absolute Gasteiger partial charge is 0.456 e. The van der Waals surface area contributed by atoms with E-state index in [1.165, 1.54) is 5.56 Å². The van der Waals surface area contributed by atoms with Crippen LogP contribution < -0.4 is 0 Å². The first kappa shape index (κ1) is 31.9. The highest BCUT2D eigenvalue weighted by Crippen LogP contribution is 2.40. The Morgan fingerprint density at radius 2 is 0.732 bits per heavy atom. The van der Waals surface area contributed by atoms with E-state index in [0.717, 1.165) is 88.4 Å². The Kier molecular flexibility index (Phi) is 7.42. The molecule has 0 amide bonds. The topological polar surface area (TPSA) is 65.0 Å². The van der Waals surface area contributed by atoms with Gasteiger partial charge in [0.05, 0.1) is 0 Å². The highest BCUT2D eigenvalue weighted by atomic mass is 16.3. The van der Waals surface area contributed by atoms with Crippen LogP contribution >= 0.6 is 0 Å². The van der Waals surface area contributed by atoms with Crippen molar-refractivity contribution in [3.63, 3.8) is 0 Å². The predicted octanol–water partition coefficient (Wildman–Crippen LogP) is 13.7. The summed E-state index contributed by atoms with van der Waals surface area (Å²) in [5, 5.41) is 4.05. The average molecular weight is 718 g/mol. The van der Waals surface area contributed by atoms with Crippen LogP contribution in [0.5, 0.6) is 0 Å². The van der Waals surface area contributed by atoms with E-state index >= 15 is 0 Å². The lowest BCUT2D eigenvalue weighted by Gasteiger charge is -2.11. The molecule has 0 saturated carbocycles. The summed E-state index contributed by atoms with van der Waals surface area (Å²) in [5.74, 6) is 1.72. The van der Waals surface area contributed by atoms with E-state index in [9.17, 15) is 0 Å². The number of nitrogens with zero attached hydrogens (tertiary/aromatic N) is 3. The van der Waals surface area contributed by atoms with Crippen LogP contribution in [0.25, 0.3) is 111 Å². The second kappa shape index (κ2) is 13.0. The van der Waals surface area contributed by atoms with Gasteiger partial charge in [-0.3, -0.25) is 0 Å². The monoisotopic (exact) mass is 717 g/mol. The quantitative estimate of drug-likeness (QED) is 0.171. The van der Waals surface area contributed by atoms with Gasteiger partial charge in [-0.05, 0) is 81.9 Å². The van der Waals surface area contributed by atoms with Crippen molar-refractivity contribution in [3.8, 4) is 67.5 Å². The van der Waals surface area contributed by atoms with Crippen molar-refractivity contribution < 1.29 is 8.83 Å². The first-order valence-electron chi connectivity index (χ1n) is 18.7. The van der Waals surface area contributed by atoms with Crippen LogP contribution in [0, 0.1) is 0 Å². The fourth-order valence-corrected chi connectivity index (χ4v) is 7.89. The van der Waals surface area contributed by atoms with E-state index < -0.39 is 0 Å². The fraction of sp³-hybridized carbons (Fsp3) is 0. The zero-order valence-electron chi connectivity index (χ0n) is 30.1. The molecule has 0 aliphatic carbocycles. The first-order chi connectivity index (χ1) is 27.7. The maximum Gasteiger partial charge on any atom is 0.164 e. The molecule has 0 spiro atoms. The molecule has 5 nitrogen and oxygen atoms in total. The molecule has 5 heteroatoms. The maximum atomic E-state index is 6.40. The molecule has 0 bridgehead atoms. The zero-order chi connectivity index (χ0) is 37.0. The molecule has 0 fully saturated rings. The molecule has 11 rings (SSSR count). The summed E-state index contributed by atoms with van der Waals surface area (Å²) < 4.78 is 12.7. The molecule has 0 saturated heterocycles. The number of rotatable bonds is 6. The summed E-state index contributed by atoms with van der Waals surface area (Å²) in [6, 6.07) is 64.6. The van der Waals surface area contributed by atoms with Gasteiger partial charge in [0, 0.05) is 38.2 Å². The lowest BCUT2D eigenvalue weighted by molar-refractivity contribution is 0.668. The predicted molar refractivity (Wildman–Crippen MR) is 227 cm³/mol. The highest BCUT2D eigenvalue weighted by Gasteiger charge is 2.20. The summed E-state index contributed by atoms with van der Waals surface area (Å²) in [7, 11) is 0. The number of hydrogen-bond acceptors (Lipinski definition) is 5. The van der Waals surface area contributed by atoms with Gasteiger partial charge in [-0.25, -0.2) is 15.0 Å². The van der Waals surface area contributed by atoms with Gasteiger partial charge in [-0.2, -0.15) is 0 Å². The number of hydrogen-bond donors (Lipinski definition) is 0. The SMILES string of the molecule is c1ccc(-c2cccc(-c3cccc(-c4nc(-c5ccc6oc7cccc(-c8ccccc8)c7c6c5)nc(-c5cccc6oc7ccccc7c56)n4)c3)c2)cc1. The van der Waals surface area contributed by atoms with Crippen LogP contribution in [-0.2, 0) is 0 Å². The molecule has 3 heterocycles. The second-order valence-corrected chi connectivity index (χ2v) is 14.0. The van der Waals surface area contributed by atoms with E-state index in [1.54, 1.807) is 0 Å². The van der Waals surface area contributed by atoms with E-state index in [0.29, 0.717) is 17.5 Å². The van der Waals surface area contributed by atoms with Crippen molar-refractivity contribution >= 4 is 43.9 Å². The van der Waals surface area contributed by atoms with Crippen molar-refractivity contribution in [1.82, 2.24) is 15.0 Å². The van der Waals surface area contributed by atoms with Gasteiger partial charge in [0.25, 0.3) is 0 Å². The molecule has 11 aromatic rings. The van der Waals surface area contributed by atoms with Crippen molar-refractivity contribution in [1.29, 1.82) is 0 Å². The molecular formula is C51H31N3O2. The van der Waals surface area contributed by atoms with E-state index in [1.807, 2.05) is 66.7 Å². The van der Waals surface area contributed by atoms with Gasteiger partial charge in [0.2, 0.25) is 0 Å². The Balaban J connectivity index is 1.11. The molecule has 0 aliphatic heterocycles. The molecule has 0 atom stereocenters. The van der Waals surface area contributed by atoms with Crippen molar-refractivity contribution in [3.05, 3.63) is 188 Å². The lowest BCUT2D eigenvalue weighted by atomic mass is 9.98. The Hall–Kier alpha value is -7.63. The minimum absolute atomic E-state index is 0.569. The highest BCUT2D eigenvalue weighted by molar-refractivity contribution is 6.14. The van der Waals surface area contributed by atoms with Gasteiger partial charge in [0.15, 0.2) is 17.5 Å². The summed E-state index contributed by atoms with van der Waals surface area (Å²) in [6.45, 7) is 0. The molecule has 3 aromatic heterocycles. The molecule has 0 unspecified atom stereocenters. The Labute approximate surface area is 322 Å². The third-order valence-electron chi connectivity index (χ3n) is 10.5.